The van der Waals surface area contributed by atoms with E-state index < -0.39 is 0 Å². The number of nitrogens with zero attached hydrogens (tertiary/aromatic N) is 3. The van der Waals surface area contributed by atoms with Crippen LogP contribution in [0.25, 0.3) is 0 Å². The molecule has 0 saturated carbocycles. The van der Waals surface area contributed by atoms with Gasteiger partial charge >= 0.3 is 0 Å². The molecular weight excluding hydrogens is 240 g/mol. The zero-order valence-corrected chi connectivity index (χ0v) is 11.7. The molecule has 0 aliphatic carbocycles. The fourth-order valence-electron chi connectivity index (χ4n) is 2.50. The van der Waals surface area contributed by atoms with Crippen molar-refractivity contribution in [1.29, 1.82) is 0 Å². The second kappa shape index (κ2) is 6.61. The van der Waals surface area contributed by atoms with E-state index in [9.17, 15) is 4.79 Å². The normalized spacial score (nSPS) is 21.9. The number of piperidine rings is 1. The first-order valence-corrected chi connectivity index (χ1v) is 6.95. The summed E-state index contributed by atoms with van der Waals surface area (Å²) in [6.07, 6.45) is 7.15. The summed E-state index contributed by atoms with van der Waals surface area (Å²) in [4.78, 5) is 22.2. The standard InChI is InChI=1S/C14H22N4O/c1-11-4-3-7-18(10-11)12(2)8-17-14(19)13-9-15-5-6-16-13/h5-6,9,11-12H,3-4,7-8,10H2,1-2H3,(H,17,19)/t11-,12+/m0/s1. The van der Waals surface area contributed by atoms with Gasteiger partial charge in [-0.3, -0.25) is 14.7 Å². The summed E-state index contributed by atoms with van der Waals surface area (Å²) in [6.45, 7) is 7.36. The van der Waals surface area contributed by atoms with E-state index in [1.165, 1.54) is 25.2 Å². The highest BCUT2D eigenvalue weighted by Crippen LogP contribution is 2.17. The van der Waals surface area contributed by atoms with Gasteiger partial charge in [0.2, 0.25) is 0 Å². The Morgan fingerprint density at radius 1 is 1.58 bits per heavy atom. The molecule has 1 saturated heterocycles. The Morgan fingerprint density at radius 2 is 2.42 bits per heavy atom. The zero-order valence-electron chi connectivity index (χ0n) is 11.7. The van der Waals surface area contributed by atoms with Crippen LogP contribution in [0.5, 0.6) is 0 Å². The summed E-state index contributed by atoms with van der Waals surface area (Å²) in [5.74, 6) is 0.608. The van der Waals surface area contributed by atoms with Crippen LogP contribution >= 0.6 is 0 Å². The molecule has 2 heterocycles. The highest BCUT2D eigenvalue weighted by molar-refractivity contribution is 5.91. The van der Waals surface area contributed by atoms with E-state index in [0.717, 1.165) is 19.0 Å². The third-order valence-electron chi connectivity index (χ3n) is 3.67. The first kappa shape index (κ1) is 13.9. The maximum Gasteiger partial charge on any atom is 0.271 e. The van der Waals surface area contributed by atoms with Crippen LogP contribution in [-0.2, 0) is 0 Å². The average molecular weight is 262 g/mol. The molecule has 1 fully saturated rings. The highest BCUT2D eigenvalue weighted by atomic mass is 16.1. The van der Waals surface area contributed by atoms with Crippen molar-refractivity contribution in [3.63, 3.8) is 0 Å². The number of carbonyl (C=O) groups is 1. The third-order valence-corrected chi connectivity index (χ3v) is 3.67. The topological polar surface area (TPSA) is 58.1 Å². The fraction of sp³-hybridized carbons (Fsp3) is 0.643. The molecule has 2 atom stereocenters. The lowest BCUT2D eigenvalue weighted by atomic mass is 9.99. The summed E-state index contributed by atoms with van der Waals surface area (Å²) < 4.78 is 0. The Bertz CT molecular complexity index is 409. The van der Waals surface area contributed by atoms with Gasteiger partial charge in [0, 0.05) is 31.5 Å². The lowest BCUT2D eigenvalue weighted by Gasteiger charge is -2.35. The zero-order chi connectivity index (χ0) is 13.7. The first-order chi connectivity index (χ1) is 9.16. The number of likely N-dealkylation sites (tertiary alicyclic amines) is 1. The molecule has 1 aliphatic heterocycles. The van der Waals surface area contributed by atoms with Crippen LogP contribution in [0.2, 0.25) is 0 Å². The number of aromatic nitrogens is 2. The van der Waals surface area contributed by atoms with Crippen molar-refractivity contribution in [2.24, 2.45) is 5.92 Å². The third kappa shape index (κ3) is 3.99. The lowest BCUT2D eigenvalue weighted by molar-refractivity contribution is 0.0912. The lowest BCUT2D eigenvalue weighted by Crippen LogP contribution is -2.46. The Hall–Kier alpha value is -1.49. The first-order valence-electron chi connectivity index (χ1n) is 6.95. The van der Waals surface area contributed by atoms with Crippen molar-refractivity contribution in [3.05, 3.63) is 24.3 Å². The highest BCUT2D eigenvalue weighted by Gasteiger charge is 2.21. The summed E-state index contributed by atoms with van der Waals surface area (Å²) in [5, 5.41) is 2.93. The Morgan fingerprint density at radius 3 is 3.11 bits per heavy atom. The SMILES string of the molecule is C[C@H]1CCCN([C@H](C)CNC(=O)c2cnccn2)C1. The number of carbonyl (C=O) groups excluding carboxylic acids is 1. The molecule has 0 bridgehead atoms. The smallest absolute Gasteiger partial charge is 0.271 e. The van der Waals surface area contributed by atoms with E-state index in [-0.39, 0.29) is 5.91 Å². The molecule has 1 amide bonds. The van der Waals surface area contributed by atoms with Gasteiger partial charge in [-0.15, -0.1) is 0 Å². The van der Waals surface area contributed by atoms with Gasteiger partial charge in [0.05, 0.1) is 6.20 Å². The second-order valence-corrected chi connectivity index (χ2v) is 5.39. The molecule has 1 aliphatic rings. The van der Waals surface area contributed by atoms with E-state index in [0.29, 0.717) is 18.3 Å². The van der Waals surface area contributed by atoms with Gasteiger partial charge < -0.3 is 5.32 Å². The van der Waals surface area contributed by atoms with Crippen molar-refractivity contribution in [3.8, 4) is 0 Å². The van der Waals surface area contributed by atoms with Gasteiger partial charge in [-0.05, 0) is 32.2 Å². The monoisotopic (exact) mass is 262 g/mol. The number of rotatable bonds is 4. The fourth-order valence-corrected chi connectivity index (χ4v) is 2.50. The molecule has 0 aromatic carbocycles. The maximum atomic E-state index is 11.9. The number of amides is 1. The molecule has 0 unspecified atom stereocenters. The number of hydrogen-bond acceptors (Lipinski definition) is 4. The van der Waals surface area contributed by atoms with Crippen molar-refractivity contribution in [2.75, 3.05) is 19.6 Å². The van der Waals surface area contributed by atoms with Gasteiger partial charge in [0.15, 0.2) is 0 Å². The predicted molar refractivity (Wildman–Crippen MR) is 73.8 cm³/mol. The van der Waals surface area contributed by atoms with Gasteiger partial charge in [0.25, 0.3) is 5.91 Å². The largest absolute Gasteiger partial charge is 0.349 e. The van der Waals surface area contributed by atoms with Crippen molar-refractivity contribution in [1.82, 2.24) is 20.2 Å². The second-order valence-electron chi connectivity index (χ2n) is 5.39. The van der Waals surface area contributed by atoms with Crippen LogP contribution < -0.4 is 5.32 Å². The molecule has 1 N–H and O–H groups in total. The van der Waals surface area contributed by atoms with Crippen LogP contribution in [0.1, 0.15) is 37.2 Å². The Balaban J connectivity index is 1.80. The molecule has 0 spiro atoms. The Kier molecular flexibility index (Phi) is 4.85. The van der Waals surface area contributed by atoms with Crippen LogP contribution in [0.15, 0.2) is 18.6 Å². The van der Waals surface area contributed by atoms with E-state index in [4.69, 9.17) is 0 Å². The van der Waals surface area contributed by atoms with Crippen LogP contribution in [-0.4, -0.2) is 46.5 Å². The Labute approximate surface area is 114 Å². The van der Waals surface area contributed by atoms with Crippen LogP contribution in [0.4, 0.5) is 0 Å². The summed E-state index contributed by atoms with van der Waals surface area (Å²) in [7, 11) is 0. The van der Waals surface area contributed by atoms with Crippen LogP contribution in [0.3, 0.4) is 0 Å². The molecule has 1 aromatic rings. The molecule has 5 nitrogen and oxygen atoms in total. The van der Waals surface area contributed by atoms with Crippen LogP contribution in [0, 0.1) is 5.92 Å². The molecule has 104 valence electrons. The molecule has 1 aromatic heterocycles. The van der Waals surface area contributed by atoms with Crippen molar-refractivity contribution in [2.45, 2.75) is 32.7 Å². The summed E-state index contributed by atoms with van der Waals surface area (Å²) >= 11 is 0. The van der Waals surface area contributed by atoms with Gasteiger partial charge in [0.1, 0.15) is 5.69 Å². The predicted octanol–water partition coefficient (Wildman–Crippen LogP) is 1.33. The number of nitrogens with one attached hydrogen (secondary N) is 1. The van der Waals surface area contributed by atoms with Gasteiger partial charge in [-0.1, -0.05) is 6.92 Å². The molecule has 5 heteroatoms. The molecule has 2 rings (SSSR count). The van der Waals surface area contributed by atoms with Crippen molar-refractivity contribution < 1.29 is 4.79 Å². The maximum absolute atomic E-state index is 11.9. The summed E-state index contributed by atoms with van der Waals surface area (Å²) in [5.41, 5.74) is 0.377. The molecule has 19 heavy (non-hydrogen) atoms. The quantitative estimate of drug-likeness (QED) is 0.889. The van der Waals surface area contributed by atoms with E-state index in [1.807, 2.05) is 0 Å². The minimum absolute atomic E-state index is 0.148. The average Bonchev–Trinajstić information content (AvgIpc) is 2.45. The van der Waals surface area contributed by atoms with E-state index in [2.05, 4.69) is 34.0 Å². The van der Waals surface area contributed by atoms with Crippen molar-refractivity contribution >= 4 is 5.91 Å². The number of hydrogen-bond donors (Lipinski definition) is 1. The molecule has 0 radical (unpaired) electrons. The minimum atomic E-state index is -0.148. The molecular formula is C14H22N4O. The summed E-state index contributed by atoms with van der Waals surface area (Å²) in [6, 6.07) is 0.364. The van der Waals surface area contributed by atoms with Gasteiger partial charge in [-0.2, -0.15) is 0 Å². The van der Waals surface area contributed by atoms with Gasteiger partial charge in [-0.25, -0.2) is 4.98 Å². The van der Waals surface area contributed by atoms with E-state index >= 15 is 0 Å². The van der Waals surface area contributed by atoms with E-state index in [1.54, 1.807) is 6.20 Å². The minimum Gasteiger partial charge on any atom is -0.349 e.